The lowest BCUT2D eigenvalue weighted by Gasteiger charge is -2.27. The molecule has 0 bridgehead atoms. The molecule has 1 aromatic heterocycles. The van der Waals surface area contributed by atoms with Crippen LogP contribution in [0.15, 0.2) is 60.1 Å². The van der Waals surface area contributed by atoms with E-state index in [1.165, 1.54) is 44.0 Å². The molecule has 2 N–H and O–H groups in total. The predicted molar refractivity (Wildman–Crippen MR) is 111 cm³/mol. The maximum absolute atomic E-state index is 14.7. The summed E-state index contributed by atoms with van der Waals surface area (Å²) < 4.78 is 60.7. The second-order valence-corrected chi connectivity index (χ2v) is 7.28. The van der Waals surface area contributed by atoms with E-state index in [4.69, 9.17) is 10.5 Å². The van der Waals surface area contributed by atoms with Gasteiger partial charge in [-0.05, 0) is 35.4 Å². The number of guanidine groups is 1. The summed E-state index contributed by atoms with van der Waals surface area (Å²) in [6.07, 6.45) is -0.752. The molecule has 1 aliphatic heterocycles. The van der Waals surface area contributed by atoms with Crippen molar-refractivity contribution in [1.82, 2.24) is 14.9 Å². The van der Waals surface area contributed by atoms with E-state index in [-0.39, 0.29) is 22.6 Å². The zero-order valence-corrected chi connectivity index (χ0v) is 17.4. The number of methoxy groups -OCH3 is 1. The molecule has 1 aliphatic rings. The van der Waals surface area contributed by atoms with Crippen molar-refractivity contribution >= 4 is 11.9 Å². The van der Waals surface area contributed by atoms with Crippen LogP contribution in [-0.2, 0) is 16.5 Å². The van der Waals surface area contributed by atoms with E-state index < -0.39 is 34.8 Å². The summed E-state index contributed by atoms with van der Waals surface area (Å²) in [5.41, 5.74) is 3.22. The van der Waals surface area contributed by atoms with Crippen LogP contribution < -0.4 is 10.5 Å². The van der Waals surface area contributed by atoms with Gasteiger partial charge in [-0.25, -0.2) is 19.4 Å². The van der Waals surface area contributed by atoms with E-state index in [1.807, 2.05) is 0 Å². The lowest BCUT2D eigenvalue weighted by atomic mass is 9.81. The minimum Gasteiger partial charge on any atom is -0.496 e. The number of rotatable bonds is 4. The maximum Gasteiger partial charge on any atom is 0.419 e. The molecule has 7 nitrogen and oxygen atoms in total. The Morgan fingerprint density at radius 2 is 1.70 bits per heavy atom. The van der Waals surface area contributed by atoms with Gasteiger partial charge in [-0.3, -0.25) is 9.69 Å². The Bertz CT molecular complexity index is 1260. The minimum absolute atomic E-state index is 0.0492. The van der Waals surface area contributed by atoms with Gasteiger partial charge in [-0.1, -0.05) is 12.1 Å². The van der Waals surface area contributed by atoms with Gasteiger partial charge in [0.2, 0.25) is 0 Å². The lowest BCUT2D eigenvalue weighted by Crippen LogP contribution is -2.41. The third-order valence-corrected chi connectivity index (χ3v) is 5.42. The molecule has 0 aliphatic carbocycles. The van der Waals surface area contributed by atoms with Crippen molar-refractivity contribution < 1.29 is 27.1 Å². The fourth-order valence-corrected chi connectivity index (χ4v) is 3.75. The summed E-state index contributed by atoms with van der Waals surface area (Å²) in [7, 11) is 2.46. The summed E-state index contributed by atoms with van der Waals surface area (Å²) in [6, 6.07) is 6.92. The molecule has 0 saturated heterocycles. The van der Waals surface area contributed by atoms with E-state index in [0.29, 0.717) is 5.56 Å². The highest BCUT2D eigenvalue weighted by Gasteiger charge is 2.50. The van der Waals surface area contributed by atoms with Gasteiger partial charge in [0.1, 0.15) is 17.9 Å². The number of alkyl halides is 3. The quantitative estimate of drug-likeness (QED) is 0.604. The number of benzene rings is 2. The summed E-state index contributed by atoms with van der Waals surface area (Å²) in [5, 5.41) is 0. The van der Waals surface area contributed by atoms with Gasteiger partial charge in [-0.15, -0.1) is 0 Å². The van der Waals surface area contributed by atoms with E-state index in [1.54, 1.807) is 0 Å². The number of carbonyl (C=O) groups is 1. The number of nitrogens with zero attached hydrogens (tertiary/aromatic N) is 4. The highest BCUT2D eigenvalue weighted by molar-refractivity contribution is 6.09. The van der Waals surface area contributed by atoms with Crippen molar-refractivity contribution in [2.75, 3.05) is 14.2 Å². The summed E-state index contributed by atoms with van der Waals surface area (Å²) >= 11 is 0. The van der Waals surface area contributed by atoms with Crippen LogP contribution in [0.5, 0.6) is 5.75 Å². The molecule has 2 heterocycles. The first-order chi connectivity index (χ1) is 15.6. The molecule has 170 valence electrons. The Morgan fingerprint density at radius 1 is 1.06 bits per heavy atom. The van der Waals surface area contributed by atoms with Gasteiger partial charge in [0.15, 0.2) is 11.5 Å². The average Bonchev–Trinajstić information content (AvgIpc) is 3.03. The predicted octanol–water partition coefficient (Wildman–Crippen LogP) is 3.34. The van der Waals surface area contributed by atoms with Crippen molar-refractivity contribution in [1.29, 1.82) is 0 Å². The molecule has 1 atom stereocenters. The monoisotopic (exact) mass is 459 g/mol. The Morgan fingerprint density at radius 3 is 2.27 bits per heavy atom. The summed E-state index contributed by atoms with van der Waals surface area (Å²) in [5.74, 6) is -1.94. The fraction of sp³-hybridized carbons (Fsp3) is 0.182. The largest absolute Gasteiger partial charge is 0.496 e. The van der Waals surface area contributed by atoms with Crippen LogP contribution in [0.1, 0.15) is 16.7 Å². The molecular formula is C22H17F4N5O2. The van der Waals surface area contributed by atoms with Crippen LogP contribution in [-0.4, -0.2) is 40.9 Å². The molecule has 1 amide bonds. The maximum atomic E-state index is 14.7. The minimum atomic E-state index is -4.76. The smallest absolute Gasteiger partial charge is 0.419 e. The first kappa shape index (κ1) is 22.2. The van der Waals surface area contributed by atoms with Crippen LogP contribution in [0.25, 0.3) is 11.1 Å². The van der Waals surface area contributed by atoms with Crippen molar-refractivity contribution in [2.45, 2.75) is 11.7 Å². The van der Waals surface area contributed by atoms with Gasteiger partial charge in [0.25, 0.3) is 5.91 Å². The topological polar surface area (TPSA) is 93.7 Å². The molecule has 1 unspecified atom stereocenters. The van der Waals surface area contributed by atoms with Crippen LogP contribution >= 0.6 is 0 Å². The number of hydrogen-bond acceptors (Lipinski definition) is 6. The van der Waals surface area contributed by atoms with Gasteiger partial charge >= 0.3 is 6.18 Å². The van der Waals surface area contributed by atoms with Crippen LogP contribution in [0.3, 0.4) is 0 Å². The Hall–Kier alpha value is -4.02. The number of hydrogen-bond donors (Lipinski definition) is 1. The SMILES string of the molecule is COc1ccc(C2(c3ccc(F)c(-c4cncnc4)c3)N=C(N)N(C)C2=O)cc1C(F)(F)F. The number of aromatic nitrogens is 2. The molecular weight excluding hydrogens is 442 g/mol. The molecule has 2 aromatic carbocycles. The van der Waals surface area contributed by atoms with E-state index in [2.05, 4.69) is 15.0 Å². The Balaban J connectivity index is 2.01. The van der Waals surface area contributed by atoms with Crippen LogP contribution in [0.2, 0.25) is 0 Å². The van der Waals surface area contributed by atoms with Crippen LogP contribution in [0.4, 0.5) is 17.6 Å². The average molecular weight is 459 g/mol. The molecule has 4 rings (SSSR count). The van der Waals surface area contributed by atoms with Gasteiger partial charge in [0, 0.05) is 30.6 Å². The van der Waals surface area contributed by atoms with Crippen molar-refractivity contribution in [3.63, 3.8) is 0 Å². The molecule has 0 spiro atoms. The number of carbonyl (C=O) groups excluding carboxylic acids is 1. The summed E-state index contributed by atoms with van der Waals surface area (Å²) in [6.45, 7) is 0. The van der Waals surface area contributed by atoms with Crippen molar-refractivity contribution in [3.8, 4) is 16.9 Å². The molecule has 0 radical (unpaired) electrons. The van der Waals surface area contributed by atoms with E-state index >= 15 is 0 Å². The number of amides is 1. The highest BCUT2D eigenvalue weighted by atomic mass is 19.4. The molecule has 11 heteroatoms. The van der Waals surface area contributed by atoms with Gasteiger partial charge in [0.05, 0.1) is 12.7 Å². The molecule has 33 heavy (non-hydrogen) atoms. The zero-order chi connectivity index (χ0) is 24.0. The Labute approximate surface area is 185 Å². The second-order valence-electron chi connectivity index (χ2n) is 7.28. The number of likely N-dealkylation sites (N-methyl/N-ethyl adjacent to an activating group) is 1. The normalized spacial score (nSPS) is 18.4. The Kier molecular flexibility index (Phi) is 5.27. The van der Waals surface area contributed by atoms with E-state index in [0.717, 1.165) is 30.2 Å². The molecule has 0 saturated carbocycles. The first-order valence-corrected chi connectivity index (χ1v) is 9.54. The highest BCUT2D eigenvalue weighted by Crippen LogP contribution is 2.44. The molecule has 3 aromatic rings. The number of nitrogens with two attached hydrogens (primary N) is 1. The van der Waals surface area contributed by atoms with Gasteiger partial charge in [-0.2, -0.15) is 13.2 Å². The second kappa shape index (κ2) is 7.84. The molecule has 0 fully saturated rings. The van der Waals surface area contributed by atoms with Crippen molar-refractivity contribution in [3.05, 3.63) is 77.6 Å². The van der Waals surface area contributed by atoms with Crippen molar-refractivity contribution in [2.24, 2.45) is 10.7 Å². The third kappa shape index (κ3) is 3.55. The van der Waals surface area contributed by atoms with E-state index in [9.17, 15) is 22.4 Å². The summed E-state index contributed by atoms with van der Waals surface area (Å²) in [4.78, 5) is 26.4. The number of halogens is 4. The fourth-order valence-electron chi connectivity index (χ4n) is 3.75. The lowest BCUT2D eigenvalue weighted by molar-refractivity contribution is -0.139. The standard InChI is InChI=1S/C22H17F4N5O2/c1-31-19(32)21(30-20(31)27,14-4-6-18(33-2)16(8-14)22(24,25)26)13-3-5-17(23)15(7-13)12-9-28-11-29-10-12/h3-11H,1-2H3,(H2,27,30). The third-order valence-electron chi connectivity index (χ3n) is 5.42. The van der Waals surface area contributed by atoms with Gasteiger partial charge < -0.3 is 10.5 Å². The number of ether oxygens (including phenoxy) is 1. The first-order valence-electron chi connectivity index (χ1n) is 9.54. The number of aliphatic imine (C=N–C) groups is 1. The zero-order valence-electron chi connectivity index (χ0n) is 17.4. The van der Waals surface area contributed by atoms with Crippen LogP contribution in [0, 0.1) is 5.82 Å².